The SMILES string of the molecule is CCC(CBr)(CBr)NC(=O)c1cccc(C)c1Br. The fourth-order valence-corrected chi connectivity index (χ4v) is 3.96. The maximum absolute atomic E-state index is 12.3. The maximum atomic E-state index is 12.3. The van der Waals surface area contributed by atoms with Gasteiger partial charge in [-0.2, -0.15) is 0 Å². The van der Waals surface area contributed by atoms with Crippen molar-refractivity contribution >= 4 is 53.7 Å². The van der Waals surface area contributed by atoms with Crippen LogP contribution in [0.1, 0.15) is 29.3 Å². The number of halogens is 3. The Labute approximate surface area is 133 Å². The molecule has 1 N–H and O–H groups in total. The molecular weight excluding hydrogens is 426 g/mol. The minimum atomic E-state index is -0.250. The van der Waals surface area contributed by atoms with Crippen LogP contribution in [0.15, 0.2) is 22.7 Å². The zero-order chi connectivity index (χ0) is 13.8. The molecular formula is C13H16Br3NO. The zero-order valence-corrected chi connectivity index (χ0v) is 15.2. The fraction of sp³-hybridized carbons (Fsp3) is 0.462. The molecule has 0 aliphatic rings. The predicted molar refractivity (Wildman–Crippen MR) is 87.0 cm³/mol. The first kappa shape index (κ1) is 16.2. The summed E-state index contributed by atoms with van der Waals surface area (Å²) in [7, 11) is 0. The molecule has 0 spiro atoms. The van der Waals surface area contributed by atoms with Crippen molar-refractivity contribution in [3.05, 3.63) is 33.8 Å². The molecule has 2 nitrogen and oxygen atoms in total. The number of amides is 1. The molecule has 1 aromatic rings. The van der Waals surface area contributed by atoms with Crippen molar-refractivity contribution in [1.29, 1.82) is 0 Å². The lowest BCUT2D eigenvalue weighted by Gasteiger charge is -2.30. The summed E-state index contributed by atoms with van der Waals surface area (Å²) in [6.07, 6.45) is 0.860. The Morgan fingerprint density at radius 2 is 1.94 bits per heavy atom. The number of nitrogens with one attached hydrogen (secondary N) is 1. The average Bonchev–Trinajstić information content (AvgIpc) is 2.39. The highest BCUT2D eigenvalue weighted by Crippen LogP contribution is 2.23. The Balaban J connectivity index is 2.98. The van der Waals surface area contributed by atoms with Gasteiger partial charge in [-0.25, -0.2) is 0 Å². The highest BCUT2D eigenvalue weighted by molar-refractivity contribution is 9.10. The number of aryl methyl sites for hydroxylation is 1. The van der Waals surface area contributed by atoms with Crippen LogP contribution in [-0.4, -0.2) is 22.1 Å². The van der Waals surface area contributed by atoms with Crippen molar-refractivity contribution in [1.82, 2.24) is 5.32 Å². The first-order chi connectivity index (χ1) is 8.49. The summed E-state index contributed by atoms with van der Waals surface area (Å²) in [6, 6.07) is 5.70. The third-order valence-electron chi connectivity index (χ3n) is 3.00. The van der Waals surface area contributed by atoms with Gasteiger partial charge in [0.1, 0.15) is 0 Å². The van der Waals surface area contributed by atoms with E-state index < -0.39 is 0 Å². The molecule has 1 rings (SSSR count). The van der Waals surface area contributed by atoms with Crippen molar-refractivity contribution in [2.45, 2.75) is 25.8 Å². The summed E-state index contributed by atoms with van der Waals surface area (Å²) in [5.74, 6) is -0.0497. The van der Waals surface area contributed by atoms with E-state index in [0.29, 0.717) is 5.56 Å². The summed E-state index contributed by atoms with van der Waals surface area (Å²) < 4.78 is 0.858. The first-order valence-corrected chi connectivity index (χ1v) is 8.73. The molecule has 0 bridgehead atoms. The van der Waals surface area contributed by atoms with Crippen LogP contribution >= 0.6 is 47.8 Å². The smallest absolute Gasteiger partial charge is 0.252 e. The van der Waals surface area contributed by atoms with E-state index in [1.165, 1.54) is 0 Å². The molecule has 0 aliphatic heterocycles. The highest BCUT2D eigenvalue weighted by atomic mass is 79.9. The number of carbonyl (C=O) groups is 1. The Morgan fingerprint density at radius 1 is 1.33 bits per heavy atom. The standard InChI is InChI=1S/C13H16Br3NO/c1-3-13(7-14,8-15)17-12(18)10-6-4-5-9(2)11(10)16/h4-6H,3,7-8H2,1-2H3,(H,17,18). The largest absolute Gasteiger partial charge is 0.345 e. The highest BCUT2D eigenvalue weighted by Gasteiger charge is 2.28. The zero-order valence-electron chi connectivity index (χ0n) is 10.4. The van der Waals surface area contributed by atoms with Gasteiger partial charge in [0, 0.05) is 15.1 Å². The summed E-state index contributed by atoms with van der Waals surface area (Å²) in [5, 5.41) is 4.54. The van der Waals surface area contributed by atoms with E-state index in [1.54, 1.807) is 0 Å². The van der Waals surface area contributed by atoms with E-state index in [4.69, 9.17) is 0 Å². The number of benzene rings is 1. The lowest BCUT2D eigenvalue weighted by molar-refractivity contribution is 0.0914. The minimum absolute atomic E-state index is 0.0497. The minimum Gasteiger partial charge on any atom is -0.345 e. The van der Waals surface area contributed by atoms with Gasteiger partial charge in [-0.3, -0.25) is 4.79 Å². The number of rotatable bonds is 5. The molecule has 0 saturated carbocycles. The van der Waals surface area contributed by atoms with Crippen LogP contribution in [0, 0.1) is 6.92 Å². The monoisotopic (exact) mass is 439 g/mol. The summed E-state index contributed by atoms with van der Waals surface area (Å²) in [5.41, 5.74) is 1.48. The molecule has 0 radical (unpaired) electrons. The van der Waals surface area contributed by atoms with Gasteiger partial charge >= 0.3 is 0 Å². The number of alkyl halides is 2. The molecule has 1 aromatic carbocycles. The van der Waals surface area contributed by atoms with Gasteiger partial charge in [-0.15, -0.1) is 0 Å². The Bertz CT molecular complexity index is 422. The molecule has 5 heteroatoms. The molecule has 0 unspecified atom stereocenters. The molecule has 1 amide bonds. The Kier molecular flexibility index (Phi) is 6.35. The van der Waals surface area contributed by atoms with Crippen LogP contribution < -0.4 is 5.32 Å². The molecule has 0 fully saturated rings. The fourth-order valence-electron chi connectivity index (χ4n) is 1.51. The molecule has 0 atom stereocenters. The van der Waals surface area contributed by atoms with Crippen molar-refractivity contribution in [2.75, 3.05) is 10.7 Å². The predicted octanol–water partition coefficient (Wildman–Crippen LogP) is 4.43. The van der Waals surface area contributed by atoms with Crippen LogP contribution in [0.5, 0.6) is 0 Å². The van der Waals surface area contributed by atoms with E-state index in [9.17, 15) is 4.79 Å². The number of hydrogen-bond donors (Lipinski definition) is 1. The molecule has 0 aliphatic carbocycles. The summed E-state index contributed by atoms with van der Waals surface area (Å²) in [6.45, 7) is 4.04. The van der Waals surface area contributed by atoms with Crippen molar-refractivity contribution < 1.29 is 4.79 Å². The molecule has 0 heterocycles. The van der Waals surface area contributed by atoms with E-state index >= 15 is 0 Å². The second-order valence-electron chi connectivity index (χ2n) is 4.29. The third-order valence-corrected chi connectivity index (χ3v) is 6.20. The van der Waals surface area contributed by atoms with Crippen LogP contribution in [0.2, 0.25) is 0 Å². The molecule has 0 aromatic heterocycles. The second-order valence-corrected chi connectivity index (χ2v) is 6.21. The van der Waals surface area contributed by atoms with E-state index in [2.05, 4.69) is 60.0 Å². The van der Waals surface area contributed by atoms with Crippen LogP contribution in [0.25, 0.3) is 0 Å². The van der Waals surface area contributed by atoms with E-state index in [0.717, 1.165) is 27.1 Å². The quantitative estimate of drug-likeness (QED) is 0.673. The van der Waals surface area contributed by atoms with Crippen molar-refractivity contribution in [3.63, 3.8) is 0 Å². The summed E-state index contributed by atoms with van der Waals surface area (Å²) in [4.78, 5) is 12.3. The van der Waals surface area contributed by atoms with Crippen molar-refractivity contribution in [3.8, 4) is 0 Å². The van der Waals surface area contributed by atoms with Gasteiger partial charge in [0.15, 0.2) is 0 Å². The summed E-state index contributed by atoms with van der Waals surface area (Å²) >= 11 is 10.4. The average molecular weight is 442 g/mol. The van der Waals surface area contributed by atoms with Crippen molar-refractivity contribution in [2.24, 2.45) is 0 Å². The normalized spacial score (nSPS) is 11.4. The van der Waals surface area contributed by atoms with Gasteiger partial charge in [0.05, 0.1) is 11.1 Å². The molecule has 100 valence electrons. The third kappa shape index (κ3) is 3.58. The Hall–Kier alpha value is 0.130. The molecule has 18 heavy (non-hydrogen) atoms. The maximum Gasteiger partial charge on any atom is 0.252 e. The van der Waals surface area contributed by atoms with E-state index in [1.807, 2.05) is 25.1 Å². The second kappa shape index (κ2) is 7.06. The van der Waals surface area contributed by atoms with Gasteiger partial charge < -0.3 is 5.32 Å². The van der Waals surface area contributed by atoms with Gasteiger partial charge in [0.2, 0.25) is 0 Å². The topological polar surface area (TPSA) is 29.1 Å². The first-order valence-electron chi connectivity index (χ1n) is 5.69. The van der Waals surface area contributed by atoms with Gasteiger partial charge in [-0.1, -0.05) is 50.9 Å². The van der Waals surface area contributed by atoms with Crippen LogP contribution in [0.3, 0.4) is 0 Å². The Morgan fingerprint density at radius 3 is 2.44 bits per heavy atom. The van der Waals surface area contributed by atoms with Gasteiger partial charge in [0.25, 0.3) is 5.91 Å². The number of hydrogen-bond acceptors (Lipinski definition) is 1. The lowest BCUT2D eigenvalue weighted by atomic mass is 10.0. The number of carbonyl (C=O) groups excluding carboxylic acids is 1. The molecule has 0 saturated heterocycles. The van der Waals surface area contributed by atoms with E-state index in [-0.39, 0.29) is 11.4 Å². The van der Waals surface area contributed by atoms with Gasteiger partial charge in [-0.05, 0) is 40.9 Å². The van der Waals surface area contributed by atoms with Crippen LogP contribution in [-0.2, 0) is 0 Å². The lowest BCUT2D eigenvalue weighted by Crippen LogP contribution is -2.51. The van der Waals surface area contributed by atoms with Crippen LogP contribution in [0.4, 0.5) is 0 Å².